The summed E-state index contributed by atoms with van der Waals surface area (Å²) in [4.78, 5) is 41.0. The minimum atomic E-state index is -3.92. The van der Waals surface area contributed by atoms with Crippen LogP contribution in [0.2, 0.25) is 5.02 Å². The second-order valence-corrected chi connectivity index (χ2v) is 12.3. The molecule has 0 heterocycles. The van der Waals surface area contributed by atoms with Crippen LogP contribution >= 0.6 is 19.2 Å². The SMILES string of the molecule is CCOP(=O)(CC(=O)N(CCC(=O)c1c(F)ccc(Cl)c1F)C(Cc1ccccc1)C(=O)OC(C)(C)C)OCC. The van der Waals surface area contributed by atoms with E-state index >= 15 is 0 Å². The average Bonchev–Trinajstić information content (AvgIpc) is 2.85. The highest BCUT2D eigenvalue weighted by molar-refractivity contribution is 7.54. The molecule has 0 aliphatic rings. The number of carbonyl (C=O) groups excluding carboxylic acids is 3. The summed E-state index contributed by atoms with van der Waals surface area (Å²) in [5.74, 6) is -4.92. The van der Waals surface area contributed by atoms with E-state index in [1.807, 2.05) is 0 Å². The number of halogens is 3. The van der Waals surface area contributed by atoms with Crippen molar-refractivity contribution in [2.45, 2.75) is 59.1 Å². The van der Waals surface area contributed by atoms with Crippen LogP contribution in [0.3, 0.4) is 0 Å². The summed E-state index contributed by atoms with van der Waals surface area (Å²) in [6, 6.07) is 9.34. The van der Waals surface area contributed by atoms with Crippen molar-refractivity contribution in [2.24, 2.45) is 0 Å². The summed E-state index contributed by atoms with van der Waals surface area (Å²) in [6.07, 6.45) is -1.30. The van der Waals surface area contributed by atoms with Crippen molar-refractivity contribution in [2.75, 3.05) is 25.9 Å². The molecular formula is C28H35ClF2NO7P. The predicted molar refractivity (Wildman–Crippen MR) is 148 cm³/mol. The van der Waals surface area contributed by atoms with Gasteiger partial charge in [0, 0.05) is 19.4 Å². The average molecular weight is 602 g/mol. The fourth-order valence-corrected chi connectivity index (χ4v) is 5.60. The summed E-state index contributed by atoms with van der Waals surface area (Å²) >= 11 is 5.74. The predicted octanol–water partition coefficient (Wildman–Crippen LogP) is 6.24. The number of Topliss-reactive ketones (excluding diaryl/α,β-unsaturated/α-hetero) is 1. The Kier molecular flexibility index (Phi) is 12.4. The van der Waals surface area contributed by atoms with E-state index in [0.717, 1.165) is 17.0 Å². The van der Waals surface area contributed by atoms with E-state index in [0.29, 0.717) is 5.56 Å². The molecule has 220 valence electrons. The van der Waals surface area contributed by atoms with Crippen LogP contribution < -0.4 is 0 Å². The molecular weight excluding hydrogens is 567 g/mol. The van der Waals surface area contributed by atoms with E-state index < -0.39 is 78.2 Å². The van der Waals surface area contributed by atoms with E-state index in [4.69, 9.17) is 25.4 Å². The quantitative estimate of drug-likeness (QED) is 0.109. The van der Waals surface area contributed by atoms with Gasteiger partial charge in [-0.25, -0.2) is 13.6 Å². The van der Waals surface area contributed by atoms with Crippen molar-refractivity contribution in [1.82, 2.24) is 4.90 Å². The first-order chi connectivity index (χ1) is 18.7. The van der Waals surface area contributed by atoms with Gasteiger partial charge in [0.25, 0.3) is 0 Å². The second-order valence-electron chi connectivity index (χ2n) is 9.82. The molecule has 0 saturated carbocycles. The number of ether oxygens (including phenoxy) is 1. The van der Waals surface area contributed by atoms with Crippen molar-refractivity contribution in [3.8, 4) is 0 Å². The minimum Gasteiger partial charge on any atom is -0.458 e. The van der Waals surface area contributed by atoms with Crippen molar-refractivity contribution in [3.05, 3.63) is 70.2 Å². The molecule has 0 aliphatic carbocycles. The molecule has 0 aliphatic heterocycles. The topological polar surface area (TPSA) is 99.2 Å². The lowest BCUT2D eigenvalue weighted by molar-refractivity contribution is -0.164. The maximum Gasteiger partial charge on any atom is 0.340 e. The van der Waals surface area contributed by atoms with E-state index in [1.54, 1.807) is 65.0 Å². The van der Waals surface area contributed by atoms with Gasteiger partial charge in [-0.1, -0.05) is 41.9 Å². The van der Waals surface area contributed by atoms with Crippen LogP contribution in [0.4, 0.5) is 8.78 Å². The first kappa shape index (κ1) is 33.6. The Bertz CT molecular complexity index is 1230. The van der Waals surface area contributed by atoms with Gasteiger partial charge in [0.1, 0.15) is 23.6 Å². The minimum absolute atomic E-state index is 0.00409. The van der Waals surface area contributed by atoms with Crippen LogP contribution in [0.5, 0.6) is 0 Å². The number of hydrogen-bond acceptors (Lipinski definition) is 7. The third-order valence-electron chi connectivity index (χ3n) is 5.53. The number of carbonyl (C=O) groups is 3. The Morgan fingerprint density at radius 1 is 1.00 bits per heavy atom. The highest BCUT2D eigenvalue weighted by Crippen LogP contribution is 2.48. The Hall–Kier alpha value is -2.65. The molecule has 1 unspecified atom stereocenters. The van der Waals surface area contributed by atoms with Gasteiger partial charge in [0.05, 0.1) is 23.8 Å². The van der Waals surface area contributed by atoms with Crippen LogP contribution in [0, 0.1) is 11.6 Å². The molecule has 0 saturated heterocycles. The van der Waals surface area contributed by atoms with Crippen molar-refractivity contribution in [3.63, 3.8) is 0 Å². The third-order valence-corrected chi connectivity index (χ3v) is 7.78. The fourth-order valence-electron chi connectivity index (χ4n) is 3.89. The van der Waals surface area contributed by atoms with Crippen LogP contribution in [0.25, 0.3) is 0 Å². The molecule has 0 bridgehead atoms. The van der Waals surface area contributed by atoms with Crippen LogP contribution in [0.15, 0.2) is 42.5 Å². The number of rotatable bonds is 14. The summed E-state index contributed by atoms with van der Waals surface area (Å²) in [5, 5.41) is -0.442. The monoisotopic (exact) mass is 601 g/mol. The van der Waals surface area contributed by atoms with Gasteiger partial charge < -0.3 is 18.7 Å². The zero-order chi connectivity index (χ0) is 30.1. The molecule has 0 N–H and O–H groups in total. The van der Waals surface area contributed by atoms with Gasteiger partial charge in [-0.05, 0) is 52.3 Å². The first-order valence-corrected chi connectivity index (χ1v) is 14.9. The Balaban J connectivity index is 2.51. The van der Waals surface area contributed by atoms with Crippen molar-refractivity contribution >= 4 is 36.9 Å². The van der Waals surface area contributed by atoms with E-state index in [-0.39, 0.29) is 19.6 Å². The number of ketones is 1. The number of hydrogen-bond donors (Lipinski definition) is 0. The summed E-state index contributed by atoms with van der Waals surface area (Å²) in [7, 11) is -3.92. The van der Waals surface area contributed by atoms with Crippen LogP contribution in [0.1, 0.15) is 57.0 Å². The normalized spacial score (nSPS) is 12.6. The summed E-state index contributed by atoms with van der Waals surface area (Å²) in [5.41, 5.74) is -1.10. The Morgan fingerprint density at radius 2 is 1.60 bits per heavy atom. The first-order valence-electron chi connectivity index (χ1n) is 12.8. The molecule has 1 amide bonds. The summed E-state index contributed by atoms with van der Waals surface area (Å²) in [6.45, 7) is 7.68. The van der Waals surface area contributed by atoms with E-state index in [9.17, 15) is 27.7 Å². The van der Waals surface area contributed by atoms with Gasteiger partial charge in [-0.2, -0.15) is 0 Å². The summed E-state index contributed by atoms with van der Waals surface area (Å²) < 4.78 is 58.2. The molecule has 2 rings (SSSR count). The van der Waals surface area contributed by atoms with Crippen molar-refractivity contribution < 1.29 is 41.5 Å². The molecule has 40 heavy (non-hydrogen) atoms. The maximum atomic E-state index is 14.5. The Labute approximate surface area is 238 Å². The number of esters is 1. The lowest BCUT2D eigenvalue weighted by Gasteiger charge is -2.33. The van der Waals surface area contributed by atoms with Gasteiger partial charge in [0.15, 0.2) is 11.6 Å². The van der Waals surface area contributed by atoms with Crippen LogP contribution in [-0.2, 0) is 34.4 Å². The van der Waals surface area contributed by atoms with Gasteiger partial charge in [0.2, 0.25) is 5.91 Å². The van der Waals surface area contributed by atoms with Gasteiger partial charge >= 0.3 is 13.6 Å². The van der Waals surface area contributed by atoms with E-state index in [2.05, 4.69) is 0 Å². The molecule has 0 radical (unpaired) electrons. The van der Waals surface area contributed by atoms with Crippen LogP contribution in [-0.4, -0.2) is 60.1 Å². The maximum absolute atomic E-state index is 14.5. The molecule has 8 nitrogen and oxygen atoms in total. The number of nitrogens with zero attached hydrogens (tertiary/aromatic N) is 1. The molecule has 1 atom stereocenters. The van der Waals surface area contributed by atoms with E-state index in [1.165, 1.54) is 0 Å². The third kappa shape index (κ3) is 9.77. The number of benzene rings is 2. The Morgan fingerprint density at radius 3 is 2.15 bits per heavy atom. The highest BCUT2D eigenvalue weighted by Gasteiger charge is 2.38. The molecule has 0 aromatic heterocycles. The lowest BCUT2D eigenvalue weighted by atomic mass is 10.0. The molecule has 2 aromatic rings. The molecule has 0 spiro atoms. The smallest absolute Gasteiger partial charge is 0.340 e. The number of amides is 1. The molecule has 2 aromatic carbocycles. The largest absolute Gasteiger partial charge is 0.458 e. The molecule has 0 fully saturated rings. The van der Waals surface area contributed by atoms with Crippen molar-refractivity contribution in [1.29, 1.82) is 0 Å². The molecule has 12 heteroatoms. The standard InChI is InChI=1S/C28H35ClF2NO7P/c1-6-37-40(36,38-7-2)18-24(34)32(16-15-23(33)25-21(30)14-13-20(29)26(25)31)22(27(35)39-28(3,4)5)17-19-11-9-8-10-12-19/h8-14,22H,6-7,15-18H2,1-5H3. The zero-order valence-electron chi connectivity index (χ0n) is 23.2. The second kappa shape index (κ2) is 14.8. The highest BCUT2D eigenvalue weighted by atomic mass is 35.5. The lowest BCUT2D eigenvalue weighted by Crippen LogP contribution is -2.50. The van der Waals surface area contributed by atoms with Gasteiger partial charge in [-0.3, -0.25) is 14.2 Å². The zero-order valence-corrected chi connectivity index (χ0v) is 24.9. The fraction of sp³-hybridized carbons (Fsp3) is 0.464. The van der Waals surface area contributed by atoms with Gasteiger partial charge in [-0.15, -0.1) is 0 Å².